The Hall–Kier alpha value is -2.35. The summed E-state index contributed by atoms with van der Waals surface area (Å²) in [5.74, 6) is 0.231. The first-order valence-corrected chi connectivity index (χ1v) is 9.20. The van der Waals surface area contributed by atoms with Crippen LogP contribution in [0.5, 0.6) is 0 Å². The van der Waals surface area contributed by atoms with Crippen LogP contribution in [0.25, 0.3) is 0 Å². The number of amides is 2. The molecule has 0 aromatic carbocycles. The average Bonchev–Trinajstić information content (AvgIpc) is 3.04. The number of aliphatic imine (C=N–C) groups is 1. The summed E-state index contributed by atoms with van der Waals surface area (Å²) in [7, 11) is 0. The molecule has 1 N–H and O–H groups in total. The number of nitrogens with one attached hydrogen (secondary N) is 1. The molecule has 2 amide bonds. The van der Waals surface area contributed by atoms with E-state index in [0.29, 0.717) is 16.9 Å². The highest BCUT2D eigenvalue weighted by molar-refractivity contribution is 7.15. The molecule has 0 saturated carbocycles. The molecule has 2 aliphatic rings. The summed E-state index contributed by atoms with van der Waals surface area (Å²) in [5.41, 5.74) is -1.05. The molecule has 7 nitrogen and oxygen atoms in total. The second kappa shape index (κ2) is 6.87. The van der Waals surface area contributed by atoms with Crippen molar-refractivity contribution >= 4 is 34.1 Å². The van der Waals surface area contributed by atoms with Crippen LogP contribution in [-0.4, -0.2) is 38.3 Å². The number of allylic oxidation sites excluding steroid dienone is 2. The zero-order chi connectivity index (χ0) is 18.0. The topological polar surface area (TPSA) is 87.5 Å². The van der Waals surface area contributed by atoms with Gasteiger partial charge in [0.05, 0.1) is 6.42 Å². The quantitative estimate of drug-likeness (QED) is 0.873. The van der Waals surface area contributed by atoms with Gasteiger partial charge in [0.2, 0.25) is 5.13 Å². The molecule has 0 aliphatic carbocycles. The van der Waals surface area contributed by atoms with Crippen LogP contribution in [0.4, 0.5) is 5.13 Å². The number of rotatable bonds is 5. The van der Waals surface area contributed by atoms with Gasteiger partial charge in [-0.3, -0.25) is 14.9 Å². The summed E-state index contributed by atoms with van der Waals surface area (Å²) in [6, 6.07) is 0. The molecule has 0 saturated heterocycles. The molecule has 2 aliphatic heterocycles. The fourth-order valence-electron chi connectivity index (χ4n) is 3.00. The smallest absolute Gasteiger partial charge is 0.252 e. The lowest BCUT2D eigenvalue weighted by Crippen LogP contribution is -2.58. The van der Waals surface area contributed by atoms with Crippen molar-refractivity contribution in [3.8, 4) is 0 Å². The Balaban J connectivity index is 1.81. The lowest BCUT2D eigenvalue weighted by atomic mass is 9.91. The molecular formula is C17H21N5O2S. The Morgan fingerprint density at radius 3 is 2.84 bits per heavy atom. The van der Waals surface area contributed by atoms with Crippen molar-refractivity contribution in [3.63, 3.8) is 0 Å². The Bertz CT molecular complexity index is 778. The third-order valence-electron chi connectivity index (χ3n) is 4.59. The van der Waals surface area contributed by atoms with Crippen molar-refractivity contribution in [2.24, 2.45) is 4.99 Å². The van der Waals surface area contributed by atoms with Gasteiger partial charge in [0, 0.05) is 12.1 Å². The second-order valence-electron chi connectivity index (χ2n) is 6.30. The fourth-order valence-corrected chi connectivity index (χ4v) is 4.00. The van der Waals surface area contributed by atoms with Crippen molar-refractivity contribution in [1.82, 2.24) is 15.1 Å². The maximum Gasteiger partial charge on any atom is 0.252 e. The number of hydrogen-bond donors (Lipinski definition) is 1. The minimum atomic E-state index is -1.05. The van der Waals surface area contributed by atoms with Gasteiger partial charge in [0.1, 0.15) is 16.4 Å². The van der Waals surface area contributed by atoms with Gasteiger partial charge in [-0.1, -0.05) is 31.3 Å². The highest BCUT2D eigenvalue weighted by Crippen LogP contribution is 2.31. The minimum Gasteiger partial charge on any atom is -0.317 e. The van der Waals surface area contributed by atoms with Crippen LogP contribution >= 0.6 is 11.3 Å². The lowest BCUT2D eigenvalue weighted by Gasteiger charge is -2.41. The Morgan fingerprint density at radius 1 is 1.36 bits per heavy atom. The first-order chi connectivity index (χ1) is 12.0. The van der Waals surface area contributed by atoms with Gasteiger partial charge in [-0.25, -0.2) is 0 Å². The molecule has 1 unspecified atom stereocenters. The van der Waals surface area contributed by atoms with Gasteiger partial charge in [-0.05, 0) is 31.9 Å². The van der Waals surface area contributed by atoms with Crippen molar-refractivity contribution in [2.45, 2.75) is 51.5 Å². The van der Waals surface area contributed by atoms with E-state index in [0.717, 1.165) is 17.8 Å². The van der Waals surface area contributed by atoms with E-state index in [1.54, 1.807) is 30.2 Å². The van der Waals surface area contributed by atoms with Gasteiger partial charge >= 0.3 is 0 Å². The average molecular weight is 359 g/mol. The Morgan fingerprint density at radius 2 is 2.12 bits per heavy atom. The molecule has 1 aromatic rings. The highest BCUT2D eigenvalue weighted by atomic mass is 32.1. The predicted molar refractivity (Wildman–Crippen MR) is 97.4 cm³/mol. The van der Waals surface area contributed by atoms with Crippen LogP contribution in [0.2, 0.25) is 0 Å². The van der Waals surface area contributed by atoms with E-state index in [-0.39, 0.29) is 18.2 Å². The van der Waals surface area contributed by atoms with Crippen molar-refractivity contribution < 1.29 is 9.59 Å². The molecule has 1 atom stereocenters. The van der Waals surface area contributed by atoms with Crippen LogP contribution < -0.4 is 5.32 Å². The molecule has 8 heteroatoms. The molecule has 0 radical (unpaired) electrons. The number of nitrogens with zero attached hydrogens (tertiary/aromatic N) is 4. The van der Waals surface area contributed by atoms with E-state index in [1.807, 2.05) is 6.08 Å². The van der Waals surface area contributed by atoms with Gasteiger partial charge in [0.25, 0.3) is 11.8 Å². The number of hydrogen-bond acceptors (Lipinski definition) is 6. The van der Waals surface area contributed by atoms with Crippen molar-refractivity contribution in [3.05, 3.63) is 29.4 Å². The molecule has 3 heterocycles. The van der Waals surface area contributed by atoms with Crippen molar-refractivity contribution in [2.75, 3.05) is 5.32 Å². The van der Waals surface area contributed by atoms with E-state index in [4.69, 9.17) is 0 Å². The van der Waals surface area contributed by atoms with Crippen LogP contribution in [0.3, 0.4) is 0 Å². The van der Waals surface area contributed by atoms with Gasteiger partial charge in [-0.2, -0.15) is 4.99 Å². The normalized spacial score (nSPS) is 22.2. The molecule has 0 spiro atoms. The van der Waals surface area contributed by atoms with E-state index in [2.05, 4.69) is 34.4 Å². The van der Waals surface area contributed by atoms with Gasteiger partial charge < -0.3 is 4.90 Å². The van der Waals surface area contributed by atoms with E-state index < -0.39 is 5.54 Å². The second-order valence-corrected chi connectivity index (χ2v) is 7.31. The van der Waals surface area contributed by atoms with Gasteiger partial charge in [0.15, 0.2) is 0 Å². The van der Waals surface area contributed by atoms with Crippen LogP contribution in [0, 0.1) is 0 Å². The first-order valence-electron chi connectivity index (χ1n) is 8.38. The maximum atomic E-state index is 12.9. The Labute approximate surface area is 150 Å². The molecular weight excluding hydrogens is 338 g/mol. The number of aromatic nitrogens is 2. The number of carbonyl (C=O) groups is 2. The largest absolute Gasteiger partial charge is 0.317 e. The lowest BCUT2D eigenvalue weighted by molar-refractivity contribution is -0.130. The van der Waals surface area contributed by atoms with Crippen LogP contribution in [0.1, 0.15) is 51.0 Å². The molecule has 0 bridgehead atoms. The zero-order valence-corrected chi connectivity index (χ0v) is 15.3. The molecule has 132 valence electrons. The summed E-state index contributed by atoms with van der Waals surface area (Å²) in [6.45, 7) is 5.96. The van der Waals surface area contributed by atoms with Crippen LogP contribution in [-0.2, 0) is 9.59 Å². The summed E-state index contributed by atoms with van der Waals surface area (Å²) >= 11 is 1.39. The SMILES string of the molecule is CCC(CC)c1nnc(NC(=O)C2(C)CC(=O)N=C3C=CC=CN32)s1. The summed E-state index contributed by atoms with van der Waals surface area (Å²) < 4.78 is 0. The first kappa shape index (κ1) is 17.5. The van der Waals surface area contributed by atoms with E-state index in [9.17, 15) is 9.59 Å². The molecule has 3 rings (SSSR count). The third kappa shape index (κ3) is 3.26. The zero-order valence-electron chi connectivity index (χ0n) is 14.5. The number of carbonyl (C=O) groups excluding carboxylic acids is 2. The summed E-state index contributed by atoms with van der Waals surface area (Å²) in [4.78, 5) is 30.6. The summed E-state index contributed by atoms with van der Waals surface area (Å²) in [5, 5.41) is 12.5. The number of amidine groups is 1. The standard InChI is InChI=1S/C17H21N5O2S/c1-4-11(5-2)14-20-21-16(25-14)19-15(24)17(3)10-13(23)18-12-8-6-7-9-22(12)17/h6-9,11H,4-5,10H2,1-3H3,(H,19,21,24). The predicted octanol–water partition coefficient (Wildman–Crippen LogP) is 2.85. The fraction of sp³-hybridized carbons (Fsp3) is 0.471. The number of anilines is 1. The monoisotopic (exact) mass is 359 g/mol. The Kier molecular flexibility index (Phi) is 4.80. The minimum absolute atomic E-state index is 0.0126. The van der Waals surface area contributed by atoms with Crippen molar-refractivity contribution in [1.29, 1.82) is 0 Å². The van der Waals surface area contributed by atoms with Gasteiger partial charge in [-0.15, -0.1) is 10.2 Å². The summed E-state index contributed by atoms with van der Waals surface area (Å²) in [6.07, 6.45) is 9.07. The van der Waals surface area contributed by atoms with E-state index >= 15 is 0 Å². The highest BCUT2D eigenvalue weighted by Gasteiger charge is 2.45. The maximum absolute atomic E-state index is 12.9. The molecule has 0 fully saturated rings. The third-order valence-corrected chi connectivity index (χ3v) is 5.59. The number of fused-ring (bicyclic) bond motifs is 1. The molecule has 1 aromatic heterocycles. The van der Waals surface area contributed by atoms with Crippen LogP contribution in [0.15, 0.2) is 29.4 Å². The van der Waals surface area contributed by atoms with E-state index in [1.165, 1.54) is 11.3 Å². The molecule has 25 heavy (non-hydrogen) atoms.